The van der Waals surface area contributed by atoms with Gasteiger partial charge in [0.05, 0.1) is 13.2 Å². The molecule has 1 amide bonds. The second-order valence-electron chi connectivity index (χ2n) is 4.31. The van der Waals surface area contributed by atoms with Gasteiger partial charge in [-0.15, -0.1) is 0 Å². The minimum atomic E-state index is -0.0656. The van der Waals surface area contributed by atoms with Crippen LogP contribution in [0.25, 0.3) is 0 Å². The molecule has 0 spiro atoms. The molecule has 100 valence electrons. The van der Waals surface area contributed by atoms with E-state index in [0.29, 0.717) is 25.3 Å². The first-order valence-electron chi connectivity index (χ1n) is 6.06. The molecule has 0 fully saturated rings. The third-order valence-electron chi connectivity index (χ3n) is 2.98. The summed E-state index contributed by atoms with van der Waals surface area (Å²) in [4.78, 5) is 13.9. The van der Waals surface area contributed by atoms with Crippen LogP contribution in [0.3, 0.4) is 0 Å². The van der Waals surface area contributed by atoms with E-state index in [1.54, 1.807) is 12.0 Å². The van der Waals surface area contributed by atoms with Gasteiger partial charge in [-0.25, -0.2) is 0 Å². The zero-order chi connectivity index (χ0) is 13.5. The first-order chi connectivity index (χ1) is 8.60. The van der Waals surface area contributed by atoms with Crippen LogP contribution >= 0.6 is 0 Å². The number of carbonyl (C=O) groups is 1. The van der Waals surface area contributed by atoms with Gasteiger partial charge in [0.1, 0.15) is 0 Å². The van der Waals surface area contributed by atoms with Gasteiger partial charge in [-0.2, -0.15) is 0 Å². The molecular weight excluding hydrogens is 230 g/mol. The van der Waals surface area contributed by atoms with Crippen molar-refractivity contribution in [3.63, 3.8) is 0 Å². The van der Waals surface area contributed by atoms with Crippen LogP contribution in [0.5, 0.6) is 0 Å². The van der Waals surface area contributed by atoms with Gasteiger partial charge in [0.2, 0.25) is 0 Å². The molecule has 1 aromatic carbocycles. The maximum atomic E-state index is 12.3. The molecule has 0 unspecified atom stereocenters. The summed E-state index contributed by atoms with van der Waals surface area (Å²) in [5.41, 5.74) is 2.91. The van der Waals surface area contributed by atoms with E-state index in [0.717, 1.165) is 11.1 Å². The summed E-state index contributed by atoms with van der Waals surface area (Å²) in [6, 6.07) is 5.65. The SMILES string of the molecule is COCCN(CCO)C(=O)c1ccc(C)c(C)c1. The lowest BCUT2D eigenvalue weighted by atomic mass is 10.1. The fraction of sp³-hybridized carbons (Fsp3) is 0.500. The molecule has 0 aromatic heterocycles. The minimum absolute atomic E-state index is 0.0414. The lowest BCUT2D eigenvalue weighted by Crippen LogP contribution is -2.36. The number of methoxy groups -OCH3 is 1. The van der Waals surface area contributed by atoms with Crippen LogP contribution in [0.4, 0.5) is 0 Å². The van der Waals surface area contributed by atoms with Gasteiger partial charge >= 0.3 is 0 Å². The summed E-state index contributed by atoms with van der Waals surface area (Å²) in [5.74, 6) is -0.0656. The van der Waals surface area contributed by atoms with Crippen LogP contribution in [0.1, 0.15) is 21.5 Å². The van der Waals surface area contributed by atoms with Gasteiger partial charge in [0.25, 0.3) is 5.91 Å². The van der Waals surface area contributed by atoms with Gasteiger partial charge in [0.15, 0.2) is 0 Å². The van der Waals surface area contributed by atoms with Crippen LogP contribution in [-0.2, 0) is 4.74 Å². The lowest BCUT2D eigenvalue weighted by molar-refractivity contribution is 0.0656. The smallest absolute Gasteiger partial charge is 0.254 e. The number of hydrogen-bond donors (Lipinski definition) is 1. The minimum Gasteiger partial charge on any atom is -0.395 e. The zero-order valence-corrected chi connectivity index (χ0v) is 11.3. The van der Waals surface area contributed by atoms with Crippen molar-refractivity contribution in [2.24, 2.45) is 0 Å². The average molecular weight is 251 g/mol. The van der Waals surface area contributed by atoms with E-state index in [2.05, 4.69) is 0 Å². The highest BCUT2D eigenvalue weighted by Gasteiger charge is 2.15. The standard InChI is InChI=1S/C14H21NO3/c1-11-4-5-13(10-12(11)2)14(17)15(6-8-16)7-9-18-3/h4-5,10,16H,6-9H2,1-3H3. The topological polar surface area (TPSA) is 49.8 Å². The van der Waals surface area contributed by atoms with E-state index in [9.17, 15) is 4.79 Å². The molecule has 0 bridgehead atoms. The Morgan fingerprint density at radius 1 is 1.28 bits per heavy atom. The molecule has 0 heterocycles. The number of amides is 1. The predicted octanol–water partition coefficient (Wildman–Crippen LogP) is 1.38. The van der Waals surface area contributed by atoms with Crippen LogP contribution in [-0.4, -0.2) is 49.3 Å². The zero-order valence-electron chi connectivity index (χ0n) is 11.3. The molecule has 0 saturated carbocycles. The van der Waals surface area contributed by atoms with Gasteiger partial charge in [-0.05, 0) is 37.1 Å². The molecule has 1 rings (SSSR count). The number of aliphatic hydroxyl groups is 1. The monoisotopic (exact) mass is 251 g/mol. The molecule has 0 aliphatic heterocycles. The number of aryl methyl sites for hydroxylation is 2. The quantitative estimate of drug-likeness (QED) is 0.831. The Morgan fingerprint density at radius 2 is 2.00 bits per heavy atom. The van der Waals surface area contributed by atoms with Crippen molar-refractivity contribution in [1.29, 1.82) is 0 Å². The lowest BCUT2D eigenvalue weighted by Gasteiger charge is -2.21. The van der Waals surface area contributed by atoms with Gasteiger partial charge in [-0.1, -0.05) is 6.07 Å². The second-order valence-corrected chi connectivity index (χ2v) is 4.31. The van der Waals surface area contributed by atoms with Crippen molar-refractivity contribution >= 4 is 5.91 Å². The number of ether oxygens (including phenoxy) is 1. The highest BCUT2D eigenvalue weighted by Crippen LogP contribution is 2.12. The van der Waals surface area contributed by atoms with Gasteiger partial charge in [0, 0.05) is 25.8 Å². The third-order valence-corrected chi connectivity index (χ3v) is 2.98. The summed E-state index contributed by atoms with van der Waals surface area (Å²) < 4.78 is 4.97. The Balaban J connectivity index is 2.83. The van der Waals surface area contributed by atoms with Crippen molar-refractivity contribution in [3.05, 3.63) is 34.9 Å². The number of aliphatic hydroxyl groups excluding tert-OH is 1. The van der Waals surface area contributed by atoms with Crippen molar-refractivity contribution in [2.75, 3.05) is 33.4 Å². The Kier molecular flexibility index (Phi) is 5.82. The van der Waals surface area contributed by atoms with Crippen molar-refractivity contribution in [2.45, 2.75) is 13.8 Å². The van der Waals surface area contributed by atoms with Crippen LogP contribution in [0.2, 0.25) is 0 Å². The van der Waals surface area contributed by atoms with Gasteiger partial charge in [-0.3, -0.25) is 4.79 Å². The molecule has 18 heavy (non-hydrogen) atoms. The fourth-order valence-corrected chi connectivity index (χ4v) is 1.69. The number of benzene rings is 1. The maximum Gasteiger partial charge on any atom is 0.254 e. The fourth-order valence-electron chi connectivity index (χ4n) is 1.69. The molecule has 4 nitrogen and oxygen atoms in total. The van der Waals surface area contributed by atoms with E-state index in [1.807, 2.05) is 32.0 Å². The molecule has 4 heteroatoms. The van der Waals surface area contributed by atoms with Crippen LogP contribution in [0, 0.1) is 13.8 Å². The van der Waals surface area contributed by atoms with E-state index < -0.39 is 0 Å². The Bertz CT molecular complexity index is 404. The summed E-state index contributed by atoms with van der Waals surface area (Å²) in [7, 11) is 1.59. The van der Waals surface area contributed by atoms with Gasteiger partial charge < -0.3 is 14.7 Å². The molecule has 0 saturated heterocycles. The average Bonchev–Trinajstić information content (AvgIpc) is 2.37. The maximum absolute atomic E-state index is 12.3. The molecule has 1 aromatic rings. The van der Waals surface area contributed by atoms with Crippen molar-refractivity contribution in [3.8, 4) is 0 Å². The molecule has 0 atom stereocenters. The number of hydrogen-bond acceptors (Lipinski definition) is 3. The van der Waals surface area contributed by atoms with E-state index in [1.165, 1.54) is 0 Å². The Morgan fingerprint density at radius 3 is 2.56 bits per heavy atom. The van der Waals surface area contributed by atoms with E-state index >= 15 is 0 Å². The largest absolute Gasteiger partial charge is 0.395 e. The number of rotatable bonds is 6. The number of nitrogens with zero attached hydrogens (tertiary/aromatic N) is 1. The summed E-state index contributed by atoms with van der Waals surface area (Å²) >= 11 is 0. The molecule has 1 N–H and O–H groups in total. The normalized spacial score (nSPS) is 10.4. The summed E-state index contributed by atoms with van der Waals surface area (Å²) in [6.45, 7) is 5.24. The molecular formula is C14H21NO3. The summed E-state index contributed by atoms with van der Waals surface area (Å²) in [6.07, 6.45) is 0. The highest BCUT2D eigenvalue weighted by molar-refractivity contribution is 5.94. The van der Waals surface area contributed by atoms with Crippen molar-refractivity contribution in [1.82, 2.24) is 4.90 Å². The van der Waals surface area contributed by atoms with Crippen LogP contribution in [0.15, 0.2) is 18.2 Å². The summed E-state index contributed by atoms with van der Waals surface area (Å²) in [5, 5.41) is 9.00. The van der Waals surface area contributed by atoms with Crippen LogP contribution < -0.4 is 0 Å². The van der Waals surface area contributed by atoms with E-state index in [4.69, 9.17) is 9.84 Å². The Labute approximate surface area is 108 Å². The number of carbonyl (C=O) groups excluding carboxylic acids is 1. The molecule has 0 radical (unpaired) electrons. The second kappa shape index (κ2) is 7.13. The molecule has 0 aliphatic rings. The highest BCUT2D eigenvalue weighted by atomic mass is 16.5. The van der Waals surface area contributed by atoms with Crippen molar-refractivity contribution < 1.29 is 14.6 Å². The predicted molar refractivity (Wildman–Crippen MR) is 70.8 cm³/mol. The molecule has 0 aliphatic carbocycles. The Hall–Kier alpha value is -1.39. The third kappa shape index (κ3) is 3.82. The first-order valence-corrected chi connectivity index (χ1v) is 6.06. The van der Waals surface area contributed by atoms with E-state index in [-0.39, 0.29) is 12.5 Å². The first kappa shape index (κ1) is 14.7.